The Morgan fingerprint density at radius 3 is 2.81 bits per heavy atom. The van der Waals surface area contributed by atoms with Crippen LogP contribution in [-0.4, -0.2) is 23.5 Å². The first-order valence-electron chi connectivity index (χ1n) is 6.19. The van der Waals surface area contributed by atoms with E-state index in [-0.39, 0.29) is 6.04 Å². The quantitative estimate of drug-likeness (QED) is 0.537. The highest BCUT2D eigenvalue weighted by Gasteiger charge is 2.21. The third-order valence-corrected chi connectivity index (χ3v) is 4.29. The van der Waals surface area contributed by atoms with E-state index in [2.05, 4.69) is 42.4 Å². The predicted octanol–water partition coefficient (Wildman–Crippen LogP) is 3.26. The van der Waals surface area contributed by atoms with Crippen LogP contribution in [0.5, 0.6) is 0 Å². The Hall–Kier alpha value is -0.440. The van der Waals surface area contributed by atoms with Gasteiger partial charge in [-0.15, -0.1) is 0 Å². The Labute approximate surface area is 145 Å². The molecule has 0 fully saturated rings. The minimum Gasteiger partial charge on any atom is -0.383 e. The number of hydrogen-bond donors (Lipinski definition) is 2. The maximum absolute atomic E-state index is 6.12. The third kappa shape index (κ3) is 4.06. The highest BCUT2D eigenvalue weighted by atomic mass is 79.9. The summed E-state index contributed by atoms with van der Waals surface area (Å²) in [5, 5.41) is 4.98. The normalized spacial score (nSPS) is 12.6. The Morgan fingerprint density at radius 1 is 1.43 bits per heavy atom. The molecule has 0 aliphatic rings. The maximum atomic E-state index is 6.12. The van der Waals surface area contributed by atoms with Crippen molar-refractivity contribution >= 4 is 43.5 Å². The predicted molar refractivity (Wildman–Crippen MR) is 90.1 cm³/mol. The number of nitrogens with zero attached hydrogens (tertiary/aromatic N) is 2. The molecular formula is C13H15Br2ClN4O. The van der Waals surface area contributed by atoms with Crippen LogP contribution in [0.15, 0.2) is 33.3 Å². The average Bonchev–Trinajstić information content (AvgIpc) is 2.78. The number of nitrogens with two attached hydrogens (primary N) is 1. The van der Waals surface area contributed by atoms with Gasteiger partial charge in [-0.3, -0.25) is 10.5 Å². The van der Waals surface area contributed by atoms with Crippen LogP contribution < -0.4 is 11.3 Å². The van der Waals surface area contributed by atoms with Crippen molar-refractivity contribution in [1.29, 1.82) is 0 Å². The number of rotatable bonds is 6. The number of nitrogens with one attached hydrogen (secondary N) is 1. The van der Waals surface area contributed by atoms with Crippen molar-refractivity contribution in [2.45, 2.75) is 12.6 Å². The molecule has 0 aliphatic carbocycles. The molecule has 2 aromatic rings. The first-order chi connectivity index (χ1) is 10.1. The summed E-state index contributed by atoms with van der Waals surface area (Å²) in [5.41, 5.74) is 4.68. The lowest BCUT2D eigenvalue weighted by Crippen LogP contribution is -2.31. The summed E-state index contributed by atoms with van der Waals surface area (Å²) in [4.78, 5) is 0. The smallest absolute Gasteiger partial charge is 0.0890 e. The molecule has 1 heterocycles. The first kappa shape index (κ1) is 16.9. The van der Waals surface area contributed by atoms with Gasteiger partial charge in [0.15, 0.2) is 0 Å². The molecule has 114 valence electrons. The molecule has 1 aromatic carbocycles. The lowest BCUT2D eigenvalue weighted by atomic mass is 10.0. The molecule has 1 aromatic heterocycles. The molecule has 1 unspecified atom stereocenters. The Bertz CT molecular complexity index is 600. The van der Waals surface area contributed by atoms with Crippen molar-refractivity contribution in [1.82, 2.24) is 15.2 Å². The SMILES string of the molecule is COCCn1ncc(Br)c1C(NN)c1cc(Cl)cc(Br)c1. The van der Waals surface area contributed by atoms with Crippen molar-refractivity contribution in [3.05, 3.63) is 49.6 Å². The van der Waals surface area contributed by atoms with Gasteiger partial charge in [0.05, 0.1) is 35.6 Å². The molecule has 0 bridgehead atoms. The second-order valence-corrected chi connectivity index (χ2v) is 6.60. The zero-order valence-electron chi connectivity index (χ0n) is 11.3. The highest BCUT2D eigenvalue weighted by molar-refractivity contribution is 9.10. The van der Waals surface area contributed by atoms with E-state index in [0.717, 1.165) is 20.2 Å². The Kier molecular flexibility index (Phi) is 6.21. The second-order valence-electron chi connectivity index (χ2n) is 4.40. The van der Waals surface area contributed by atoms with Crippen molar-refractivity contribution < 1.29 is 4.74 Å². The van der Waals surface area contributed by atoms with E-state index in [4.69, 9.17) is 22.2 Å². The number of ether oxygens (including phenoxy) is 1. The molecule has 5 nitrogen and oxygen atoms in total. The van der Waals surface area contributed by atoms with Crippen LogP contribution in [0.3, 0.4) is 0 Å². The fourth-order valence-electron chi connectivity index (χ4n) is 2.09. The number of halogens is 3. The summed E-state index contributed by atoms with van der Waals surface area (Å²) < 4.78 is 8.73. The van der Waals surface area contributed by atoms with Crippen molar-refractivity contribution in [2.75, 3.05) is 13.7 Å². The lowest BCUT2D eigenvalue weighted by Gasteiger charge is -2.19. The van der Waals surface area contributed by atoms with E-state index in [1.807, 2.05) is 22.9 Å². The van der Waals surface area contributed by atoms with Gasteiger partial charge >= 0.3 is 0 Å². The van der Waals surface area contributed by atoms with Crippen molar-refractivity contribution in [3.8, 4) is 0 Å². The van der Waals surface area contributed by atoms with E-state index in [0.29, 0.717) is 18.2 Å². The summed E-state index contributed by atoms with van der Waals surface area (Å²) in [7, 11) is 1.66. The van der Waals surface area contributed by atoms with Crippen LogP contribution in [-0.2, 0) is 11.3 Å². The molecular weight excluding hydrogens is 423 g/mol. The molecule has 3 N–H and O–H groups in total. The Morgan fingerprint density at radius 2 is 2.19 bits per heavy atom. The maximum Gasteiger partial charge on any atom is 0.0890 e. The van der Waals surface area contributed by atoms with Gasteiger partial charge in [-0.05, 0) is 39.7 Å². The van der Waals surface area contributed by atoms with Gasteiger partial charge in [0.1, 0.15) is 0 Å². The third-order valence-electron chi connectivity index (χ3n) is 3.00. The molecule has 21 heavy (non-hydrogen) atoms. The molecule has 0 spiro atoms. The standard InChI is InChI=1S/C13H15Br2ClN4O/c1-21-3-2-20-13(11(15)7-18-20)12(19-17)8-4-9(14)6-10(16)5-8/h4-7,12,19H,2-3,17H2,1H3. The van der Waals surface area contributed by atoms with Crippen molar-refractivity contribution in [3.63, 3.8) is 0 Å². The van der Waals surface area contributed by atoms with Gasteiger partial charge in [-0.2, -0.15) is 5.10 Å². The van der Waals surface area contributed by atoms with Gasteiger partial charge in [-0.25, -0.2) is 5.43 Å². The van der Waals surface area contributed by atoms with Crippen LogP contribution in [0, 0.1) is 0 Å². The van der Waals surface area contributed by atoms with Gasteiger partial charge in [0.25, 0.3) is 0 Å². The zero-order chi connectivity index (χ0) is 15.4. The summed E-state index contributed by atoms with van der Waals surface area (Å²) in [6.45, 7) is 1.20. The van der Waals surface area contributed by atoms with E-state index < -0.39 is 0 Å². The monoisotopic (exact) mass is 436 g/mol. The fraction of sp³-hybridized carbons (Fsp3) is 0.308. The van der Waals surface area contributed by atoms with E-state index >= 15 is 0 Å². The molecule has 2 rings (SSSR count). The lowest BCUT2D eigenvalue weighted by molar-refractivity contribution is 0.182. The average molecular weight is 439 g/mol. The molecule has 0 radical (unpaired) electrons. The number of hydrogen-bond acceptors (Lipinski definition) is 4. The minimum absolute atomic E-state index is 0.242. The van der Waals surface area contributed by atoms with E-state index in [1.165, 1.54) is 0 Å². The highest BCUT2D eigenvalue weighted by Crippen LogP contribution is 2.31. The molecule has 0 saturated heterocycles. The number of hydrazine groups is 1. The summed E-state index contributed by atoms with van der Waals surface area (Å²) in [5.74, 6) is 5.76. The fourth-order valence-corrected chi connectivity index (χ4v) is 3.50. The van der Waals surface area contributed by atoms with E-state index in [9.17, 15) is 0 Å². The van der Waals surface area contributed by atoms with Gasteiger partial charge in [0, 0.05) is 16.6 Å². The zero-order valence-corrected chi connectivity index (χ0v) is 15.2. The summed E-state index contributed by atoms with van der Waals surface area (Å²) in [6, 6.07) is 5.43. The first-order valence-corrected chi connectivity index (χ1v) is 8.15. The largest absolute Gasteiger partial charge is 0.383 e. The number of aromatic nitrogens is 2. The van der Waals surface area contributed by atoms with Crippen LogP contribution >= 0.6 is 43.5 Å². The summed E-state index contributed by atoms with van der Waals surface area (Å²) >= 11 is 13.1. The second kappa shape index (κ2) is 7.71. The van der Waals surface area contributed by atoms with Gasteiger partial charge < -0.3 is 4.74 Å². The molecule has 0 aliphatic heterocycles. The summed E-state index contributed by atoms with van der Waals surface area (Å²) in [6.07, 6.45) is 1.74. The molecule has 0 amide bonds. The molecule has 8 heteroatoms. The van der Waals surface area contributed by atoms with Crippen LogP contribution in [0.2, 0.25) is 5.02 Å². The van der Waals surface area contributed by atoms with Crippen LogP contribution in [0.4, 0.5) is 0 Å². The topological polar surface area (TPSA) is 65.1 Å². The van der Waals surface area contributed by atoms with Gasteiger partial charge in [-0.1, -0.05) is 27.5 Å². The Balaban J connectivity index is 2.43. The van der Waals surface area contributed by atoms with Crippen LogP contribution in [0.1, 0.15) is 17.3 Å². The molecule has 0 saturated carbocycles. The van der Waals surface area contributed by atoms with E-state index in [1.54, 1.807) is 13.3 Å². The minimum atomic E-state index is -0.242. The van der Waals surface area contributed by atoms with Gasteiger partial charge in [0.2, 0.25) is 0 Å². The van der Waals surface area contributed by atoms with Crippen LogP contribution in [0.25, 0.3) is 0 Å². The van der Waals surface area contributed by atoms with Crippen molar-refractivity contribution in [2.24, 2.45) is 5.84 Å². The molecule has 1 atom stereocenters. The number of methoxy groups -OCH3 is 1. The number of benzene rings is 1.